The van der Waals surface area contributed by atoms with E-state index in [1.807, 2.05) is 0 Å². The number of carbonyl (C=O) groups excluding carboxylic acids is 1. The minimum Gasteiger partial charge on any atom is -0.369 e. The molecule has 0 fully saturated rings. The Kier molecular flexibility index (Phi) is 10.0. The van der Waals surface area contributed by atoms with Gasteiger partial charge in [-0.15, -0.1) is 0 Å². The van der Waals surface area contributed by atoms with Crippen LogP contribution in [0.25, 0.3) is 0 Å². The average molecular weight is 357 g/mol. The molecule has 0 atom stereocenters. The Balaban J connectivity index is -0.000000114. The van der Waals surface area contributed by atoms with E-state index >= 15 is 0 Å². The summed E-state index contributed by atoms with van der Waals surface area (Å²) in [7, 11) is 21.0. The van der Waals surface area contributed by atoms with Crippen molar-refractivity contribution in [1.29, 1.82) is 0 Å². The summed E-state index contributed by atoms with van der Waals surface area (Å²) >= 11 is 0. The molecular formula is C2H7Cl5NO2Rh. The van der Waals surface area contributed by atoms with Gasteiger partial charge in [-0.25, -0.2) is 0 Å². The van der Waals surface area contributed by atoms with Gasteiger partial charge in [-0.3, -0.25) is 0 Å². The van der Waals surface area contributed by atoms with Crippen molar-refractivity contribution in [1.82, 2.24) is 6.15 Å². The van der Waals surface area contributed by atoms with E-state index in [0.29, 0.717) is 0 Å². The fraction of sp³-hybridized carbons (Fsp3) is 0.500. The minimum absolute atomic E-state index is 0. The van der Waals surface area contributed by atoms with Crippen LogP contribution in [0.3, 0.4) is 0 Å². The zero-order valence-electron chi connectivity index (χ0n) is 5.54. The third kappa shape index (κ3) is 460. The Hall–Kier alpha value is 1.50. The third-order valence-electron chi connectivity index (χ3n) is 0. The summed E-state index contributed by atoms with van der Waals surface area (Å²) in [5.41, 5.74) is 0. The molecule has 0 aromatic rings. The molecule has 0 radical (unpaired) electrons. The SMILES string of the molecule is CC(=O)[O-].[Cl][Rh]([Cl])([Cl])([Cl])[Cl].[NH4+]. The molecule has 0 spiro atoms. The summed E-state index contributed by atoms with van der Waals surface area (Å²) in [5.74, 6) is -1.08. The first kappa shape index (κ1) is 18.3. The average Bonchev–Trinajstić information content (AvgIpc) is 1.14. The maximum atomic E-state index is 8.89. The molecule has 0 bridgehead atoms. The Bertz CT molecular complexity index is 109. The van der Waals surface area contributed by atoms with Crippen molar-refractivity contribution in [2.24, 2.45) is 0 Å². The summed E-state index contributed by atoms with van der Waals surface area (Å²) in [6.45, 7) is 0.972. The molecule has 0 aliphatic heterocycles. The van der Waals surface area contributed by atoms with Gasteiger partial charge in [-0.1, -0.05) is 0 Å². The van der Waals surface area contributed by atoms with Crippen LogP contribution >= 0.6 is 48.5 Å². The van der Waals surface area contributed by atoms with E-state index in [0.717, 1.165) is 6.92 Å². The van der Waals surface area contributed by atoms with E-state index in [4.69, 9.17) is 58.4 Å². The van der Waals surface area contributed by atoms with Gasteiger partial charge >= 0.3 is 57.1 Å². The minimum atomic E-state index is -4.04. The van der Waals surface area contributed by atoms with E-state index in [9.17, 15) is 0 Å². The van der Waals surface area contributed by atoms with Crippen molar-refractivity contribution in [2.45, 2.75) is 6.92 Å². The molecule has 0 aromatic heterocycles. The van der Waals surface area contributed by atoms with E-state index in [2.05, 4.69) is 0 Å². The molecule has 11 heavy (non-hydrogen) atoms. The van der Waals surface area contributed by atoms with Gasteiger partial charge in [0.2, 0.25) is 0 Å². The predicted molar refractivity (Wildman–Crippen MR) is 45.9 cm³/mol. The summed E-state index contributed by atoms with van der Waals surface area (Å²) in [6.07, 6.45) is 0. The number of quaternary nitrogens is 1. The molecule has 0 heterocycles. The molecule has 76 valence electrons. The van der Waals surface area contributed by atoms with Crippen molar-refractivity contribution >= 4 is 54.4 Å². The van der Waals surface area contributed by atoms with Crippen molar-refractivity contribution < 1.29 is 18.5 Å². The number of hydrogen-bond acceptors (Lipinski definition) is 2. The number of halogens is 5. The van der Waals surface area contributed by atoms with Crippen molar-refractivity contribution in [2.75, 3.05) is 0 Å². The first-order valence-corrected chi connectivity index (χ1v) is 12.1. The molecule has 0 aromatic carbocycles. The maximum Gasteiger partial charge on any atom is -0.369 e. The fourth-order valence-electron chi connectivity index (χ4n) is 0. The van der Waals surface area contributed by atoms with Gasteiger partial charge in [-0.05, 0) is 6.92 Å². The summed E-state index contributed by atoms with van der Waals surface area (Å²) < 4.78 is 0. The van der Waals surface area contributed by atoms with E-state index in [1.54, 1.807) is 0 Å². The number of carbonyl (C=O) groups is 1. The second-order valence-corrected chi connectivity index (χ2v) is 25.8. The van der Waals surface area contributed by atoms with Crippen LogP contribution in [0.5, 0.6) is 0 Å². The second kappa shape index (κ2) is 6.03. The van der Waals surface area contributed by atoms with Crippen LogP contribution in [-0.2, 0) is 13.4 Å². The monoisotopic (exact) mass is 355 g/mol. The molecule has 0 aliphatic rings. The van der Waals surface area contributed by atoms with Crippen molar-refractivity contribution in [3.05, 3.63) is 0 Å². The number of aliphatic carboxylic acids is 1. The summed E-state index contributed by atoms with van der Waals surface area (Å²) in [6, 6.07) is 0. The fourth-order valence-corrected chi connectivity index (χ4v) is 0. The summed E-state index contributed by atoms with van der Waals surface area (Å²) in [4.78, 5) is 8.89. The second-order valence-electron chi connectivity index (χ2n) is 0.968. The smallest absolute Gasteiger partial charge is 0.369 e. The molecule has 0 saturated heterocycles. The Morgan fingerprint density at radius 3 is 1.18 bits per heavy atom. The Labute approximate surface area is 85.4 Å². The van der Waals surface area contributed by atoms with Crippen molar-refractivity contribution in [3.63, 3.8) is 0 Å². The van der Waals surface area contributed by atoms with Crippen LogP contribution in [0, 0.1) is 0 Å². The molecule has 0 amide bonds. The standard InChI is InChI=1S/C2H4O2.5ClH.H3N.Rh/c1-2(3)4;;;;;;;/h1H3,(H,3,4);5*1H;1H3;/q;;;;;;;+5/p-5. The first-order chi connectivity index (χ1) is 3.97. The van der Waals surface area contributed by atoms with E-state index in [-0.39, 0.29) is 6.15 Å². The quantitative estimate of drug-likeness (QED) is 0.677. The Morgan fingerprint density at radius 2 is 1.18 bits per heavy atom. The normalized spacial score (nSPS) is 12.7. The Morgan fingerprint density at radius 1 is 1.18 bits per heavy atom. The predicted octanol–water partition coefficient (Wildman–Crippen LogP) is 2.58. The topological polar surface area (TPSA) is 76.6 Å². The molecule has 3 nitrogen and oxygen atoms in total. The summed E-state index contributed by atoms with van der Waals surface area (Å²) in [5, 5.41) is 8.89. The molecule has 0 aliphatic carbocycles. The van der Waals surface area contributed by atoms with Crippen LogP contribution in [0.2, 0.25) is 0 Å². The van der Waals surface area contributed by atoms with Gasteiger partial charge in [0, 0.05) is 5.97 Å². The largest absolute Gasteiger partial charge is 0.369 e. The van der Waals surface area contributed by atoms with Crippen LogP contribution in [0.15, 0.2) is 0 Å². The van der Waals surface area contributed by atoms with Gasteiger partial charge in [0.15, 0.2) is 0 Å². The van der Waals surface area contributed by atoms with Gasteiger partial charge in [-0.2, -0.15) is 0 Å². The van der Waals surface area contributed by atoms with Crippen LogP contribution < -0.4 is 11.3 Å². The van der Waals surface area contributed by atoms with Gasteiger partial charge < -0.3 is 16.1 Å². The van der Waals surface area contributed by atoms with E-state index in [1.165, 1.54) is 0 Å². The van der Waals surface area contributed by atoms with Crippen molar-refractivity contribution in [3.8, 4) is 0 Å². The number of rotatable bonds is 0. The maximum absolute atomic E-state index is 8.89. The molecule has 4 N–H and O–H groups in total. The van der Waals surface area contributed by atoms with Gasteiger partial charge in [0.1, 0.15) is 0 Å². The van der Waals surface area contributed by atoms with Crippen LogP contribution in [0.4, 0.5) is 0 Å². The van der Waals surface area contributed by atoms with E-state index < -0.39 is 14.6 Å². The van der Waals surface area contributed by atoms with Crippen LogP contribution in [-0.4, -0.2) is 5.97 Å². The first-order valence-electron chi connectivity index (χ1n) is 1.54. The zero-order chi connectivity index (χ0) is 9.02. The van der Waals surface area contributed by atoms with Crippen LogP contribution in [0.1, 0.15) is 6.92 Å². The number of carboxylic acid groups (broad SMARTS) is 1. The molecular weight excluding hydrogens is 350 g/mol. The van der Waals surface area contributed by atoms with Gasteiger partial charge in [0.25, 0.3) is 0 Å². The number of carboxylic acids is 1. The van der Waals surface area contributed by atoms with Gasteiger partial charge in [0.05, 0.1) is 0 Å². The number of hydrogen-bond donors (Lipinski definition) is 1. The zero-order valence-corrected chi connectivity index (χ0v) is 11.0. The molecule has 0 unspecified atom stereocenters. The molecule has 9 heteroatoms. The molecule has 0 saturated carbocycles. The third-order valence-corrected chi connectivity index (χ3v) is 0. The molecule has 0 rings (SSSR count).